The molecule has 0 saturated heterocycles. The fourth-order valence-electron chi connectivity index (χ4n) is 2.40. The van der Waals surface area contributed by atoms with Crippen molar-refractivity contribution in [2.75, 3.05) is 19.8 Å². The van der Waals surface area contributed by atoms with Crippen LogP contribution in [-0.4, -0.2) is 25.8 Å². The van der Waals surface area contributed by atoms with Crippen molar-refractivity contribution in [3.05, 3.63) is 22.8 Å². The molecule has 2 aliphatic rings. The molecule has 0 radical (unpaired) electrons. The van der Waals surface area contributed by atoms with Crippen molar-refractivity contribution in [2.45, 2.75) is 19.8 Å². The summed E-state index contributed by atoms with van der Waals surface area (Å²) in [5.74, 6) is 1.22. The van der Waals surface area contributed by atoms with Gasteiger partial charge in [0.25, 0.3) is 0 Å². The van der Waals surface area contributed by atoms with Crippen LogP contribution in [0.5, 0.6) is 11.5 Å². The summed E-state index contributed by atoms with van der Waals surface area (Å²) in [5, 5.41) is 0. The second-order valence-corrected chi connectivity index (χ2v) is 4.13. The maximum absolute atomic E-state index is 12.0. The lowest BCUT2D eigenvalue weighted by Gasteiger charge is -2.11. The molecule has 3 rings (SSSR count). The molecule has 2 aliphatic heterocycles. The number of hydrogen-bond acceptors (Lipinski definition) is 4. The molecule has 0 spiro atoms. The smallest absolute Gasteiger partial charge is 0.342 e. The summed E-state index contributed by atoms with van der Waals surface area (Å²) >= 11 is 0. The van der Waals surface area contributed by atoms with Crippen LogP contribution in [0.4, 0.5) is 0 Å². The van der Waals surface area contributed by atoms with Crippen molar-refractivity contribution in [1.29, 1.82) is 0 Å². The molecular weight excluding hydrogens is 220 g/mol. The first-order valence-corrected chi connectivity index (χ1v) is 5.92. The SMILES string of the molecule is CCOC(=O)c1c2c(cc3c1OCC3)OCC2. The van der Waals surface area contributed by atoms with E-state index in [2.05, 4.69) is 0 Å². The Morgan fingerprint density at radius 1 is 1.35 bits per heavy atom. The Hall–Kier alpha value is -1.71. The molecule has 90 valence electrons. The van der Waals surface area contributed by atoms with E-state index >= 15 is 0 Å². The van der Waals surface area contributed by atoms with Crippen molar-refractivity contribution in [3.63, 3.8) is 0 Å². The van der Waals surface area contributed by atoms with E-state index in [9.17, 15) is 4.79 Å². The first-order valence-electron chi connectivity index (χ1n) is 5.92. The van der Waals surface area contributed by atoms with Gasteiger partial charge in [0.05, 0.1) is 19.8 Å². The maximum Gasteiger partial charge on any atom is 0.342 e. The lowest BCUT2D eigenvalue weighted by molar-refractivity contribution is 0.0521. The van der Waals surface area contributed by atoms with Crippen molar-refractivity contribution in [1.82, 2.24) is 0 Å². The molecule has 0 atom stereocenters. The lowest BCUT2D eigenvalue weighted by atomic mass is 10.00. The van der Waals surface area contributed by atoms with Crippen LogP contribution >= 0.6 is 0 Å². The highest BCUT2D eigenvalue weighted by Gasteiger charge is 2.30. The number of fused-ring (bicyclic) bond motifs is 2. The first kappa shape index (κ1) is 10.4. The molecule has 0 aromatic heterocycles. The Morgan fingerprint density at radius 3 is 3.00 bits per heavy atom. The van der Waals surface area contributed by atoms with Gasteiger partial charge in [-0.25, -0.2) is 4.79 Å². The number of rotatable bonds is 2. The topological polar surface area (TPSA) is 44.8 Å². The molecule has 4 heteroatoms. The molecule has 4 nitrogen and oxygen atoms in total. The highest BCUT2D eigenvalue weighted by Crippen LogP contribution is 2.40. The van der Waals surface area contributed by atoms with E-state index in [0.29, 0.717) is 31.1 Å². The van der Waals surface area contributed by atoms with E-state index in [0.717, 1.165) is 29.7 Å². The summed E-state index contributed by atoms with van der Waals surface area (Å²) in [6, 6.07) is 1.99. The van der Waals surface area contributed by atoms with Gasteiger partial charge < -0.3 is 14.2 Å². The van der Waals surface area contributed by atoms with Gasteiger partial charge in [0.15, 0.2) is 0 Å². The number of hydrogen-bond donors (Lipinski definition) is 0. The van der Waals surface area contributed by atoms with E-state index in [1.165, 1.54) is 0 Å². The molecule has 2 heterocycles. The normalized spacial score (nSPS) is 15.8. The second-order valence-electron chi connectivity index (χ2n) is 4.13. The lowest BCUT2D eigenvalue weighted by Crippen LogP contribution is -2.09. The Balaban J connectivity index is 2.14. The van der Waals surface area contributed by atoms with Crippen molar-refractivity contribution < 1.29 is 19.0 Å². The van der Waals surface area contributed by atoms with Crippen molar-refractivity contribution in [3.8, 4) is 11.5 Å². The summed E-state index contributed by atoms with van der Waals surface area (Å²) < 4.78 is 16.2. The molecule has 0 bridgehead atoms. The van der Waals surface area contributed by atoms with Gasteiger partial charge in [-0.05, 0) is 13.0 Å². The van der Waals surface area contributed by atoms with E-state index in [1.54, 1.807) is 6.92 Å². The van der Waals surface area contributed by atoms with Gasteiger partial charge in [0, 0.05) is 24.0 Å². The molecule has 0 saturated carbocycles. The third kappa shape index (κ3) is 1.55. The molecule has 17 heavy (non-hydrogen) atoms. The average Bonchev–Trinajstić information content (AvgIpc) is 2.92. The predicted molar refractivity (Wildman–Crippen MR) is 60.8 cm³/mol. The molecule has 0 fully saturated rings. The van der Waals surface area contributed by atoms with Gasteiger partial charge in [0.2, 0.25) is 0 Å². The first-order chi connectivity index (χ1) is 8.31. The number of esters is 1. The number of carbonyl (C=O) groups is 1. The van der Waals surface area contributed by atoms with Crippen molar-refractivity contribution in [2.24, 2.45) is 0 Å². The van der Waals surface area contributed by atoms with Crippen LogP contribution in [0.2, 0.25) is 0 Å². The minimum Gasteiger partial charge on any atom is -0.493 e. The Bertz CT molecular complexity index is 447. The third-order valence-electron chi connectivity index (χ3n) is 3.13. The van der Waals surface area contributed by atoms with Gasteiger partial charge in [-0.3, -0.25) is 0 Å². The summed E-state index contributed by atoms with van der Waals surface area (Å²) in [7, 11) is 0. The van der Waals surface area contributed by atoms with E-state index in [-0.39, 0.29) is 5.97 Å². The van der Waals surface area contributed by atoms with Gasteiger partial charge in [-0.2, -0.15) is 0 Å². The minimum atomic E-state index is -0.298. The van der Waals surface area contributed by atoms with Crippen LogP contribution in [-0.2, 0) is 17.6 Å². The average molecular weight is 234 g/mol. The van der Waals surface area contributed by atoms with E-state index in [4.69, 9.17) is 14.2 Å². The monoisotopic (exact) mass is 234 g/mol. The zero-order valence-electron chi connectivity index (χ0n) is 9.75. The predicted octanol–water partition coefficient (Wildman–Crippen LogP) is 1.73. The molecule has 0 aliphatic carbocycles. The number of benzene rings is 1. The van der Waals surface area contributed by atoms with Gasteiger partial charge in [0.1, 0.15) is 17.1 Å². The number of ether oxygens (including phenoxy) is 3. The molecular formula is C13H14O4. The maximum atomic E-state index is 12.0. The van der Waals surface area contributed by atoms with Crippen LogP contribution in [0, 0.1) is 0 Å². The standard InChI is InChI=1S/C13H14O4/c1-2-15-13(14)11-9-4-6-16-10(9)7-8-3-5-17-12(8)11/h7H,2-6H2,1H3. The summed E-state index contributed by atoms with van der Waals surface area (Å²) in [6.45, 7) is 3.44. The zero-order chi connectivity index (χ0) is 11.8. The van der Waals surface area contributed by atoms with Crippen molar-refractivity contribution >= 4 is 5.97 Å². The van der Waals surface area contributed by atoms with E-state index in [1.807, 2.05) is 6.07 Å². The highest BCUT2D eigenvalue weighted by molar-refractivity contribution is 5.96. The highest BCUT2D eigenvalue weighted by atomic mass is 16.5. The molecule has 0 amide bonds. The number of carbonyl (C=O) groups excluding carboxylic acids is 1. The summed E-state index contributed by atoms with van der Waals surface area (Å²) in [5.41, 5.74) is 2.56. The van der Waals surface area contributed by atoms with Crippen LogP contribution in [0.1, 0.15) is 28.4 Å². The van der Waals surface area contributed by atoms with Gasteiger partial charge >= 0.3 is 5.97 Å². The fraction of sp³-hybridized carbons (Fsp3) is 0.462. The molecule has 1 aromatic carbocycles. The quantitative estimate of drug-likeness (QED) is 0.731. The Labute approximate surface area is 99.5 Å². The summed E-state index contributed by atoms with van der Waals surface area (Å²) in [6.07, 6.45) is 1.58. The largest absolute Gasteiger partial charge is 0.493 e. The van der Waals surface area contributed by atoms with Gasteiger partial charge in [-0.15, -0.1) is 0 Å². The zero-order valence-corrected chi connectivity index (χ0v) is 9.75. The van der Waals surface area contributed by atoms with E-state index < -0.39 is 0 Å². The molecule has 1 aromatic rings. The van der Waals surface area contributed by atoms with Crippen LogP contribution in [0.15, 0.2) is 6.07 Å². The summed E-state index contributed by atoms with van der Waals surface area (Å²) in [4.78, 5) is 12.0. The van der Waals surface area contributed by atoms with Crippen LogP contribution in [0.3, 0.4) is 0 Å². The van der Waals surface area contributed by atoms with Crippen LogP contribution < -0.4 is 9.47 Å². The minimum absolute atomic E-state index is 0.298. The van der Waals surface area contributed by atoms with Crippen LogP contribution in [0.25, 0.3) is 0 Å². The fourth-order valence-corrected chi connectivity index (χ4v) is 2.40. The second kappa shape index (κ2) is 3.95. The third-order valence-corrected chi connectivity index (χ3v) is 3.13. The Morgan fingerprint density at radius 2 is 2.18 bits per heavy atom. The molecule has 0 N–H and O–H groups in total. The Kier molecular flexibility index (Phi) is 2.42. The van der Waals surface area contributed by atoms with Gasteiger partial charge in [-0.1, -0.05) is 0 Å². The molecule has 0 unspecified atom stereocenters.